The largest absolute Gasteiger partial charge is 0.368 e. The van der Waals surface area contributed by atoms with Gasteiger partial charge < -0.3 is 25.9 Å². The Hall–Kier alpha value is -1.75. The van der Waals surface area contributed by atoms with Crippen molar-refractivity contribution in [2.24, 2.45) is 0 Å². The van der Waals surface area contributed by atoms with Crippen molar-refractivity contribution in [1.82, 2.24) is 25.1 Å². The monoisotopic (exact) mass is 548 g/mol. The van der Waals surface area contributed by atoms with Gasteiger partial charge in [-0.25, -0.2) is 0 Å². The molecule has 4 N–H and O–H groups in total. The van der Waals surface area contributed by atoms with Gasteiger partial charge in [-0.3, -0.25) is 0 Å². The third kappa shape index (κ3) is 6.94. The maximum atomic E-state index is 10.9. The van der Waals surface area contributed by atoms with Gasteiger partial charge in [0, 0.05) is 47.3 Å². The van der Waals surface area contributed by atoms with Crippen molar-refractivity contribution in [1.29, 1.82) is 0 Å². The third-order valence-corrected chi connectivity index (χ3v) is 8.76. The van der Waals surface area contributed by atoms with Crippen molar-refractivity contribution in [2.75, 3.05) is 28.6 Å². The molecule has 3 rings (SSSR count). The summed E-state index contributed by atoms with van der Waals surface area (Å²) < 4.78 is 0. The average molecular weight is 549 g/mol. The lowest BCUT2D eigenvalue weighted by molar-refractivity contribution is -0.244. The SMILES string of the molecule is CCCCN(c1nc(N)nc(N(CCCC)C2CC(C)(C)N(O)C(C)(C)C2)n1)C1CC(C)(C)N(O)C(C)(C)C1. The maximum Gasteiger partial charge on any atom is 0.232 e. The quantitative estimate of drug-likeness (QED) is 0.346. The standard InChI is InChI=1S/C29H56N8O2/c1-11-13-15-34(21-17-26(3,4)36(38)27(5,6)18-21)24-31-23(30)32-25(33-24)35(16-14-12-2)22-19-28(7,8)37(39)29(9,10)20-22/h21-22,38-39H,11-20H2,1-10H3,(H2,30,31,32,33). The summed E-state index contributed by atoms with van der Waals surface area (Å²) in [6.45, 7) is 22.8. The molecule has 2 aliphatic heterocycles. The highest BCUT2D eigenvalue weighted by molar-refractivity contribution is 5.45. The first-order chi connectivity index (χ1) is 17.9. The van der Waals surface area contributed by atoms with E-state index in [1.54, 1.807) is 0 Å². The van der Waals surface area contributed by atoms with E-state index in [2.05, 4.69) is 89.0 Å². The molecule has 1 aromatic heterocycles. The fraction of sp³-hybridized carbons (Fsp3) is 0.897. The molecule has 0 unspecified atom stereocenters. The van der Waals surface area contributed by atoms with Crippen molar-refractivity contribution in [2.45, 2.75) is 155 Å². The molecule has 0 atom stereocenters. The summed E-state index contributed by atoms with van der Waals surface area (Å²) >= 11 is 0. The minimum Gasteiger partial charge on any atom is -0.368 e. The number of rotatable bonds is 10. The van der Waals surface area contributed by atoms with E-state index in [-0.39, 0.29) is 40.2 Å². The van der Waals surface area contributed by atoms with E-state index in [0.717, 1.165) is 64.5 Å². The minimum atomic E-state index is -0.388. The number of hydroxylamine groups is 4. The van der Waals surface area contributed by atoms with Crippen LogP contribution in [0, 0.1) is 0 Å². The Morgan fingerprint density at radius 3 is 1.26 bits per heavy atom. The van der Waals surface area contributed by atoms with Crippen LogP contribution in [0.1, 0.15) is 121 Å². The highest BCUT2D eigenvalue weighted by Gasteiger charge is 2.48. The Kier molecular flexibility index (Phi) is 9.47. The molecule has 39 heavy (non-hydrogen) atoms. The number of aromatic nitrogens is 3. The zero-order chi connectivity index (χ0) is 29.4. The number of hydrogen-bond donors (Lipinski definition) is 3. The number of anilines is 3. The summed E-state index contributed by atoms with van der Waals surface area (Å²) in [5.74, 6) is 1.47. The zero-order valence-electron chi connectivity index (χ0n) is 26.3. The predicted octanol–water partition coefficient (Wildman–Crippen LogP) is 5.49. The number of hydrogen-bond acceptors (Lipinski definition) is 10. The zero-order valence-corrected chi connectivity index (χ0v) is 26.3. The molecular weight excluding hydrogens is 492 g/mol. The van der Waals surface area contributed by atoms with Gasteiger partial charge in [-0.15, -0.1) is 0 Å². The maximum absolute atomic E-state index is 10.9. The van der Waals surface area contributed by atoms with Gasteiger partial charge in [0.1, 0.15) is 0 Å². The van der Waals surface area contributed by atoms with Gasteiger partial charge in [0.2, 0.25) is 17.8 Å². The van der Waals surface area contributed by atoms with E-state index < -0.39 is 0 Å². The second kappa shape index (κ2) is 11.6. The molecule has 0 amide bonds. The second-order valence-electron chi connectivity index (χ2n) is 14.4. The van der Waals surface area contributed by atoms with E-state index >= 15 is 0 Å². The lowest BCUT2D eigenvalue weighted by atomic mass is 9.78. The first-order valence-electron chi connectivity index (χ1n) is 15.0. The summed E-state index contributed by atoms with van der Waals surface area (Å²) in [5.41, 5.74) is 4.84. The summed E-state index contributed by atoms with van der Waals surface area (Å²) in [7, 11) is 0. The molecule has 0 aromatic carbocycles. The van der Waals surface area contributed by atoms with Gasteiger partial charge in [-0.1, -0.05) is 26.7 Å². The van der Waals surface area contributed by atoms with E-state index in [9.17, 15) is 10.4 Å². The van der Waals surface area contributed by atoms with Crippen LogP contribution in [0.4, 0.5) is 17.8 Å². The summed E-state index contributed by atoms with van der Waals surface area (Å²) in [6, 6.07) is 0.304. The van der Waals surface area contributed by atoms with E-state index in [4.69, 9.17) is 10.7 Å². The molecular formula is C29H56N8O2. The van der Waals surface area contributed by atoms with Crippen LogP contribution in [-0.2, 0) is 0 Å². The number of nitrogens with two attached hydrogens (primary N) is 1. The topological polar surface area (TPSA) is 118 Å². The molecule has 0 spiro atoms. The Labute approximate surface area is 236 Å². The Bertz CT molecular complexity index is 858. The van der Waals surface area contributed by atoms with Crippen LogP contribution < -0.4 is 15.5 Å². The van der Waals surface area contributed by atoms with Crippen LogP contribution >= 0.6 is 0 Å². The van der Waals surface area contributed by atoms with Crippen LogP contribution in [0.25, 0.3) is 0 Å². The fourth-order valence-electron chi connectivity index (χ4n) is 7.05. The van der Waals surface area contributed by atoms with Crippen molar-refractivity contribution in [3.05, 3.63) is 0 Å². The molecule has 2 fully saturated rings. The third-order valence-electron chi connectivity index (χ3n) is 8.76. The summed E-state index contributed by atoms with van der Waals surface area (Å²) in [6.07, 6.45) is 7.28. The molecule has 0 saturated carbocycles. The second-order valence-corrected chi connectivity index (χ2v) is 14.4. The van der Waals surface area contributed by atoms with Crippen molar-refractivity contribution >= 4 is 17.8 Å². The van der Waals surface area contributed by atoms with Gasteiger partial charge in [0.05, 0.1) is 0 Å². The van der Waals surface area contributed by atoms with E-state index in [1.165, 1.54) is 10.1 Å². The molecule has 224 valence electrons. The average Bonchev–Trinajstić information content (AvgIpc) is 2.80. The van der Waals surface area contributed by atoms with Gasteiger partial charge in [-0.2, -0.15) is 25.1 Å². The highest BCUT2D eigenvalue weighted by atomic mass is 16.5. The predicted molar refractivity (Wildman–Crippen MR) is 158 cm³/mol. The van der Waals surface area contributed by atoms with Crippen molar-refractivity contribution in [3.8, 4) is 0 Å². The van der Waals surface area contributed by atoms with Crippen LogP contribution in [0.5, 0.6) is 0 Å². The van der Waals surface area contributed by atoms with Crippen molar-refractivity contribution < 1.29 is 10.4 Å². The van der Waals surface area contributed by atoms with Crippen LogP contribution in [0.3, 0.4) is 0 Å². The molecule has 0 radical (unpaired) electrons. The molecule has 0 aliphatic carbocycles. The van der Waals surface area contributed by atoms with Crippen LogP contribution in [0.15, 0.2) is 0 Å². The smallest absolute Gasteiger partial charge is 0.232 e. The van der Waals surface area contributed by atoms with Gasteiger partial charge in [-0.05, 0) is 93.9 Å². The molecule has 2 aliphatic rings. The molecule has 0 bridgehead atoms. The van der Waals surface area contributed by atoms with Gasteiger partial charge in [0.15, 0.2) is 0 Å². The lowest BCUT2D eigenvalue weighted by Gasteiger charge is -2.54. The van der Waals surface area contributed by atoms with E-state index in [0.29, 0.717) is 11.9 Å². The summed E-state index contributed by atoms with van der Waals surface area (Å²) in [5, 5.41) is 24.9. The fourth-order valence-corrected chi connectivity index (χ4v) is 7.05. The summed E-state index contributed by atoms with van der Waals surface area (Å²) in [4.78, 5) is 19.1. The van der Waals surface area contributed by atoms with Gasteiger partial charge >= 0.3 is 0 Å². The van der Waals surface area contributed by atoms with Crippen LogP contribution in [-0.4, -0.2) is 82.8 Å². The Morgan fingerprint density at radius 1 is 0.667 bits per heavy atom. The lowest BCUT2D eigenvalue weighted by Crippen LogP contribution is -2.63. The van der Waals surface area contributed by atoms with Gasteiger partial charge in [0.25, 0.3) is 0 Å². The Morgan fingerprint density at radius 2 is 0.974 bits per heavy atom. The van der Waals surface area contributed by atoms with E-state index in [1.807, 2.05) is 0 Å². The molecule has 10 nitrogen and oxygen atoms in total. The van der Waals surface area contributed by atoms with Crippen LogP contribution in [0.2, 0.25) is 0 Å². The normalized spacial score (nSPS) is 23.6. The molecule has 3 heterocycles. The molecule has 10 heteroatoms. The number of piperidine rings is 2. The molecule has 1 aromatic rings. The number of unbranched alkanes of at least 4 members (excludes halogenated alkanes) is 2. The first kappa shape index (κ1) is 31.8. The minimum absolute atomic E-state index is 0.152. The highest BCUT2D eigenvalue weighted by Crippen LogP contribution is 2.41. The Balaban J connectivity index is 2.04. The first-order valence-corrected chi connectivity index (χ1v) is 15.0. The van der Waals surface area contributed by atoms with Crippen molar-refractivity contribution in [3.63, 3.8) is 0 Å². The molecule has 2 saturated heterocycles. The number of nitrogen functional groups attached to an aromatic ring is 1. The number of nitrogens with zero attached hydrogens (tertiary/aromatic N) is 7.